The number of nitrogens with zero attached hydrogens (tertiary/aromatic N) is 3. The molecule has 3 heterocycles. The monoisotopic (exact) mass is 313 g/mol. The number of nitrogens with two attached hydrogens (primary N) is 1. The normalized spacial score (nSPS) is 16.2. The molecule has 6 nitrogen and oxygen atoms in total. The van der Waals surface area contributed by atoms with Gasteiger partial charge in [-0.25, -0.2) is 0 Å². The Hall–Kier alpha value is -3.77. The van der Waals surface area contributed by atoms with Gasteiger partial charge in [0.05, 0.1) is 11.5 Å². The minimum atomic E-state index is -0.418. The average Bonchev–Trinajstić information content (AvgIpc) is 3.09. The first kappa shape index (κ1) is 13.9. The lowest BCUT2D eigenvalue weighted by atomic mass is 9.83. The molecule has 1 aromatic carbocycles. The predicted octanol–water partition coefficient (Wildman–Crippen LogP) is 2.65. The van der Waals surface area contributed by atoms with Crippen LogP contribution in [0.5, 0.6) is 5.75 Å². The van der Waals surface area contributed by atoms with Crippen LogP contribution in [0.2, 0.25) is 0 Å². The SMILES string of the molecule is N#CC1=C(N)Oc2c(ccc3[nH]ccc23)C1c1cncc(C#N)c1. The number of nitriles is 2. The number of ether oxygens (including phenoxy) is 1. The second-order valence-corrected chi connectivity index (χ2v) is 5.47. The number of nitrogens with one attached hydrogen (secondary N) is 1. The van der Waals surface area contributed by atoms with Gasteiger partial charge in [0.15, 0.2) is 0 Å². The number of H-pyrrole nitrogens is 1. The zero-order valence-corrected chi connectivity index (χ0v) is 12.4. The van der Waals surface area contributed by atoms with E-state index in [1.54, 1.807) is 12.3 Å². The maximum absolute atomic E-state index is 9.56. The molecule has 0 bridgehead atoms. The molecule has 0 amide bonds. The van der Waals surface area contributed by atoms with Gasteiger partial charge < -0.3 is 15.5 Å². The van der Waals surface area contributed by atoms with Crippen LogP contribution in [0.4, 0.5) is 0 Å². The van der Waals surface area contributed by atoms with Crippen molar-refractivity contribution in [1.82, 2.24) is 9.97 Å². The van der Waals surface area contributed by atoms with Crippen molar-refractivity contribution in [2.45, 2.75) is 5.92 Å². The smallest absolute Gasteiger partial charge is 0.205 e. The van der Waals surface area contributed by atoms with Gasteiger partial charge in [0.1, 0.15) is 23.5 Å². The summed E-state index contributed by atoms with van der Waals surface area (Å²) < 4.78 is 5.74. The lowest BCUT2D eigenvalue weighted by molar-refractivity contribution is 0.398. The minimum absolute atomic E-state index is 0.0751. The number of rotatable bonds is 1. The van der Waals surface area contributed by atoms with Gasteiger partial charge in [0.2, 0.25) is 5.88 Å². The summed E-state index contributed by atoms with van der Waals surface area (Å²) in [5.74, 6) is 0.280. The lowest BCUT2D eigenvalue weighted by Gasteiger charge is -2.26. The highest BCUT2D eigenvalue weighted by Gasteiger charge is 2.32. The van der Waals surface area contributed by atoms with Crippen LogP contribution in [0.25, 0.3) is 10.9 Å². The molecule has 6 heteroatoms. The van der Waals surface area contributed by atoms with Crippen LogP contribution in [-0.4, -0.2) is 9.97 Å². The van der Waals surface area contributed by atoms with Crippen LogP contribution in [0.1, 0.15) is 22.6 Å². The molecule has 0 aliphatic carbocycles. The van der Waals surface area contributed by atoms with Gasteiger partial charge in [0, 0.05) is 35.1 Å². The van der Waals surface area contributed by atoms with Crippen molar-refractivity contribution in [3.63, 3.8) is 0 Å². The fourth-order valence-electron chi connectivity index (χ4n) is 3.07. The van der Waals surface area contributed by atoms with E-state index in [0.29, 0.717) is 16.9 Å². The van der Waals surface area contributed by atoms with Crippen molar-refractivity contribution in [2.24, 2.45) is 5.73 Å². The third kappa shape index (κ3) is 1.91. The van der Waals surface area contributed by atoms with Gasteiger partial charge in [0.25, 0.3) is 0 Å². The zero-order valence-electron chi connectivity index (χ0n) is 12.4. The van der Waals surface area contributed by atoms with E-state index in [0.717, 1.165) is 22.0 Å². The molecule has 1 unspecified atom stereocenters. The third-order valence-corrected chi connectivity index (χ3v) is 4.13. The lowest BCUT2D eigenvalue weighted by Crippen LogP contribution is -2.21. The molecule has 2 aromatic heterocycles. The van der Waals surface area contributed by atoms with E-state index in [9.17, 15) is 5.26 Å². The van der Waals surface area contributed by atoms with Crippen molar-refractivity contribution in [3.05, 3.63) is 71.0 Å². The Labute approximate surface area is 137 Å². The zero-order chi connectivity index (χ0) is 16.7. The fourth-order valence-corrected chi connectivity index (χ4v) is 3.07. The Morgan fingerprint density at radius 1 is 1.17 bits per heavy atom. The first-order valence-electron chi connectivity index (χ1n) is 7.25. The Bertz CT molecular complexity index is 1080. The van der Waals surface area contributed by atoms with E-state index in [1.165, 1.54) is 6.20 Å². The summed E-state index contributed by atoms with van der Waals surface area (Å²) in [5, 5.41) is 19.6. The van der Waals surface area contributed by atoms with Gasteiger partial charge in [-0.15, -0.1) is 0 Å². The molecule has 1 aliphatic rings. The number of fused-ring (bicyclic) bond motifs is 3. The van der Waals surface area contributed by atoms with Crippen LogP contribution in [0.15, 0.2) is 54.3 Å². The summed E-state index contributed by atoms with van der Waals surface area (Å²) in [6, 6.07) is 11.7. The summed E-state index contributed by atoms with van der Waals surface area (Å²) in [6.07, 6.45) is 4.95. The van der Waals surface area contributed by atoms with Crippen LogP contribution < -0.4 is 10.5 Å². The highest BCUT2D eigenvalue weighted by Crippen LogP contribution is 2.45. The Balaban J connectivity index is 2.01. The van der Waals surface area contributed by atoms with Crippen LogP contribution in [-0.2, 0) is 0 Å². The van der Waals surface area contributed by atoms with Gasteiger partial charge in [-0.1, -0.05) is 6.07 Å². The van der Waals surface area contributed by atoms with Crippen molar-refractivity contribution < 1.29 is 4.74 Å². The van der Waals surface area contributed by atoms with E-state index in [4.69, 9.17) is 15.7 Å². The molecule has 3 aromatic rings. The van der Waals surface area contributed by atoms with Crippen molar-refractivity contribution in [3.8, 4) is 17.9 Å². The second-order valence-electron chi connectivity index (χ2n) is 5.47. The number of benzene rings is 1. The van der Waals surface area contributed by atoms with Crippen molar-refractivity contribution >= 4 is 10.9 Å². The third-order valence-electron chi connectivity index (χ3n) is 4.13. The molecule has 0 saturated carbocycles. The van der Waals surface area contributed by atoms with Crippen molar-refractivity contribution in [1.29, 1.82) is 10.5 Å². The van der Waals surface area contributed by atoms with E-state index in [2.05, 4.69) is 22.1 Å². The summed E-state index contributed by atoms with van der Waals surface area (Å²) in [5.41, 5.74) is 9.22. The number of hydrogen-bond acceptors (Lipinski definition) is 5. The summed E-state index contributed by atoms with van der Waals surface area (Å²) in [4.78, 5) is 7.23. The Morgan fingerprint density at radius 2 is 2.04 bits per heavy atom. The van der Waals surface area contributed by atoms with Crippen LogP contribution in [0, 0.1) is 22.7 Å². The van der Waals surface area contributed by atoms with Crippen LogP contribution in [0.3, 0.4) is 0 Å². The summed E-state index contributed by atoms with van der Waals surface area (Å²) in [7, 11) is 0. The number of hydrogen-bond donors (Lipinski definition) is 2. The quantitative estimate of drug-likeness (QED) is 0.717. The van der Waals surface area contributed by atoms with E-state index in [1.807, 2.05) is 24.4 Å². The molecule has 24 heavy (non-hydrogen) atoms. The standard InChI is InChI=1S/C18H11N5O/c19-6-10-5-11(9-22-8-10)16-13-1-2-15-12(3-4-23-15)17(13)24-18(21)14(16)7-20/h1-5,8-9,16,23H,21H2. The van der Waals surface area contributed by atoms with Gasteiger partial charge in [-0.3, -0.25) is 4.98 Å². The molecule has 114 valence electrons. The minimum Gasteiger partial charge on any atom is -0.439 e. The molecule has 4 rings (SSSR count). The van der Waals surface area contributed by atoms with E-state index >= 15 is 0 Å². The molecular weight excluding hydrogens is 302 g/mol. The first-order chi connectivity index (χ1) is 11.7. The molecule has 0 radical (unpaired) electrons. The van der Waals surface area contributed by atoms with E-state index in [-0.39, 0.29) is 5.88 Å². The van der Waals surface area contributed by atoms with Crippen LogP contribution >= 0.6 is 0 Å². The largest absolute Gasteiger partial charge is 0.439 e. The summed E-state index contributed by atoms with van der Waals surface area (Å²) >= 11 is 0. The van der Waals surface area contributed by atoms with Gasteiger partial charge >= 0.3 is 0 Å². The van der Waals surface area contributed by atoms with E-state index < -0.39 is 5.92 Å². The average molecular weight is 313 g/mol. The maximum Gasteiger partial charge on any atom is 0.205 e. The number of pyridine rings is 1. The molecular formula is C18H11N5O. The molecule has 0 saturated heterocycles. The summed E-state index contributed by atoms with van der Waals surface area (Å²) in [6.45, 7) is 0. The second kappa shape index (κ2) is 5.15. The number of aromatic nitrogens is 2. The Morgan fingerprint density at radius 3 is 2.83 bits per heavy atom. The predicted molar refractivity (Wildman–Crippen MR) is 86.5 cm³/mol. The maximum atomic E-state index is 9.56. The Kier molecular flexibility index (Phi) is 2.97. The number of allylic oxidation sites excluding steroid dienone is 1. The number of aromatic amines is 1. The molecule has 3 N–H and O–H groups in total. The molecule has 0 fully saturated rings. The highest BCUT2D eigenvalue weighted by atomic mass is 16.5. The fraction of sp³-hybridized carbons (Fsp3) is 0.0556. The van der Waals surface area contributed by atoms with Crippen molar-refractivity contribution in [2.75, 3.05) is 0 Å². The highest BCUT2D eigenvalue weighted by molar-refractivity contribution is 5.88. The topological polar surface area (TPSA) is 112 Å². The molecule has 1 atom stereocenters. The van der Waals surface area contributed by atoms with Gasteiger partial charge in [-0.05, 0) is 23.8 Å². The first-order valence-corrected chi connectivity index (χ1v) is 7.25. The van der Waals surface area contributed by atoms with Gasteiger partial charge in [-0.2, -0.15) is 10.5 Å². The molecule has 1 aliphatic heterocycles. The molecule has 0 spiro atoms.